The number of nitrogens with zero attached hydrogens (tertiary/aromatic N) is 1. The molecule has 0 spiro atoms. The van der Waals surface area contributed by atoms with Crippen molar-refractivity contribution in [3.63, 3.8) is 0 Å². The fourth-order valence-corrected chi connectivity index (χ4v) is 7.28. The number of nitrogens with one attached hydrogen (secondary N) is 1. The second-order valence-corrected chi connectivity index (χ2v) is 10.2. The van der Waals surface area contributed by atoms with Crippen LogP contribution >= 0.6 is 0 Å². The van der Waals surface area contributed by atoms with Crippen molar-refractivity contribution in [3.8, 4) is 0 Å². The summed E-state index contributed by atoms with van der Waals surface area (Å²) in [5.41, 5.74) is 13.0. The molecular formula is C24H31N3O3. The first-order valence-electron chi connectivity index (χ1n) is 11.2. The minimum atomic E-state index is -0.591. The van der Waals surface area contributed by atoms with Gasteiger partial charge in [-0.1, -0.05) is 31.6 Å². The number of esters is 1. The first-order valence-corrected chi connectivity index (χ1v) is 11.2. The number of hydrogen-bond donors (Lipinski definition) is 2. The minimum absolute atomic E-state index is 0.0386. The molecule has 1 aliphatic heterocycles. The minimum Gasteiger partial charge on any atom is -0.458 e. The number of cyclic esters (lactones) is 1. The van der Waals surface area contributed by atoms with E-state index in [4.69, 9.17) is 10.5 Å². The Kier molecular flexibility index (Phi) is 4.46. The number of hydrogen-bond acceptors (Lipinski definition) is 4. The highest BCUT2D eigenvalue weighted by atomic mass is 16.5. The van der Waals surface area contributed by atoms with Gasteiger partial charge in [-0.3, -0.25) is 0 Å². The summed E-state index contributed by atoms with van der Waals surface area (Å²) in [6, 6.07) is -0.591. The molecule has 6 nitrogen and oxygen atoms in total. The lowest BCUT2D eigenvalue weighted by Crippen LogP contribution is -2.51. The van der Waals surface area contributed by atoms with Crippen molar-refractivity contribution >= 4 is 17.7 Å². The third-order valence-electron chi connectivity index (χ3n) is 8.87. The normalized spacial score (nSPS) is 41.1. The van der Waals surface area contributed by atoms with Gasteiger partial charge in [0, 0.05) is 22.8 Å². The smallest absolute Gasteiger partial charge is 0.332 e. The number of nitrogens with two attached hydrogens (primary N) is 1. The van der Waals surface area contributed by atoms with Crippen LogP contribution in [0.1, 0.15) is 58.8 Å². The molecule has 5 aliphatic rings. The SMILES string of the molecule is C[C@]12CC[C@H]3[C@H](CC[C@@H]4C/C(=N/NC(N)=O)CC[C@@]43C)C1=CC=C2C1=CC(=O)OC1. The number of carbonyl (C=O) groups excluding carboxylic acids is 2. The molecule has 0 aromatic rings. The number of carbonyl (C=O) groups is 2. The van der Waals surface area contributed by atoms with Crippen molar-refractivity contribution < 1.29 is 14.3 Å². The van der Waals surface area contributed by atoms with Crippen LogP contribution in [-0.2, 0) is 9.53 Å². The number of primary amides is 1. The number of fused-ring (bicyclic) bond motifs is 5. The number of rotatable bonds is 2. The van der Waals surface area contributed by atoms with E-state index in [9.17, 15) is 9.59 Å². The van der Waals surface area contributed by atoms with Crippen molar-refractivity contribution in [1.82, 2.24) is 5.43 Å². The summed E-state index contributed by atoms with van der Waals surface area (Å²) in [4.78, 5) is 22.6. The van der Waals surface area contributed by atoms with E-state index >= 15 is 0 Å². The third-order valence-corrected chi connectivity index (χ3v) is 8.87. The lowest BCUT2D eigenvalue weighted by Gasteiger charge is -2.58. The lowest BCUT2D eigenvalue weighted by molar-refractivity contribution is -0.134. The Balaban J connectivity index is 1.36. The first-order chi connectivity index (χ1) is 14.3. The van der Waals surface area contributed by atoms with E-state index in [1.165, 1.54) is 24.8 Å². The Bertz CT molecular complexity index is 930. The number of amides is 2. The highest BCUT2D eigenvalue weighted by Gasteiger charge is 2.56. The molecule has 0 aromatic heterocycles. The maximum absolute atomic E-state index is 11.6. The van der Waals surface area contributed by atoms with E-state index in [1.807, 2.05) is 0 Å². The fourth-order valence-electron chi connectivity index (χ4n) is 7.28. The van der Waals surface area contributed by atoms with Gasteiger partial charge in [0.25, 0.3) is 0 Å². The topological polar surface area (TPSA) is 93.8 Å². The molecule has 0 aromatic carbocycles. The Morgan fingerprint density at radius 3 is 2.80 bits per heavy atom. The van der Waals surface area contributed by atoms with Crippen molar-refractivity contribution in [2.75, 3.05) is 6.61 Å². The second-order valence-electron chi connectivity index (χ2n) is 10.2. The number of hydrazone groups is 1. The van der Waals surface area contributed by atoms with E-state index in [0.717, 1.165) is 37.0 Å². The molecule has 5 atom stereocenters. The Labute approximate surface area is 177 Å². The van der Waals surface area contributed by atoms with Gasteiger partial charge in [0.05, 0.1) is 0 Å². The molecule has 1 heterocycles. The first kappa shape index (κ1) is 19.6. The summed E-state index contributed by atoms with van der Waals surface area (Å²) in [6.45, 7) is 5.27. The zero-order chi connectivity index (χ0) is 21.1. The van der Waals surface area contributed by atoms with Crippen molar-refractivity contribution in [1.29, 1.82) is 0 Å². The highest BCUT2D eigenvalue weighted by Crippen LogP contribution is 2.65. The van der Waals surface area contributed by atoms with E-state index < -0.39 is 6.03 Å². The van der Waals surface area contributed by atoms with Crippen LogP contribution < -0.4 is 11.2 Å². The zero-order valence-electron chi connectivity index (χ0n) is 17.9. The summed E-state index contributed by atoms with van der Waals surface area (Å²) in [5, 5.41) is 4.26. The molecule has 0 unspecified atom stereocenters. The Morgan fingerprint density at radius 1 is 1.23 bits per heavy atom. The molecule has 0 bridgehead atoms. The maximum atomic E-state index is 11.6. The fraction of sp³-hybridized carbons (Fsp3) is 0.625. The quantitative estimate of drug-likeness (QED) is 0.533. The highest BCUT2D eigenvalue weighted by molar-refractivity contribution is 5.87. The molecule has 2 amide bonds. The summed E-state index contributed by atoms with van der Waals surface area (Å²) in [5.74, 6) is 1.70. The van der Waals surface area contributed by atoms with E-state index in [1.54, 1.807) is 11.6 Å². The summed E-state index contributed by atoms with van der Waals surface area (Å²) in [7, 11) is 0. The van der Waals surface area contributed by atoms with E-state index in [0.29, 0.717) is 29.8 Å². The lowest BCUT2D eigenvalue weighted by atomic mass is 9.46. The van der Waals surface area contributed by atoms with Crippen LogP contribution in [0.4, 0.5) is 4.79 Å². The van der Waals surface area contributed by atoms with Gasteiger partial charge in [-0.2, -0.15) is 5.10 Å². The van der Waals surface area contributed by atoms with Crippen molar-refractivity contribution in [2.24, 2.45) is 39.4 Å². The molecule has 6 heteroatoms. The molecule has 160 valence electrons. The standard InChI is InChI=1S/C24H31N3O3/c1-23-9-7-16(26-27-22(25)29)12-15(23)3-4-17-19-6-5-18(14-11-21(28)30-13-14)24(19,2)10-8-20(17)23/h5-6,11,15,17,20H,3-4,7-10,12-13H2,1-2H3,(H3,25,27,29)/b26-16+/t15-,17-,20+,23+,24-/m1/s1. The van der Waals surface area contributed by atoms with Crippen LogP contribution in [0.3, 0.4) is 0 Å². The number of ether oxygens (including phenoxy) is 1. The van der Waals surface area contributed by atoms with Crippen LogP contribution in [0.25, 0.3) is 0 Å². The summed E-state index contributed by atoms with van der Waals surface area (Å²) in [6.07, 6.45) is 14.1. The molecule has 30 heavy (non-hydrogen) atoms. The van der Waals surface area contributed by atoms with Gasteiger partial charge in [0.2, 0.25) is 0 Å². The largest absolute Gasteiger partial charge is 0.458 e. The predicted octanol–water partition coefficient (Wildman–Crippen LogP) is 3.99. The average molecular weight is 410 g/mol. The molecule has 0 saturated heterocycles. The predicted molar refractivity (Wildman–Crippen MR) is 114 cm³/mol. The van der Waals surface area contributed by atoms with Crippen LogP contribution in [0.15, 0.2) is 40.0 Å². The molecular weight excluding hydrogens is 378 g/mol. The van der Waals surface area contributed by atoms with Gasteiger partial charge in [-0.15, -0.1) is 0 Å². The van der Waals surface area contributed by atoms with Gasteiger partial charge in [0.1, 0.15) is 6.61 Å². The molecule has 0 radical (unpaired) electrons. The Morgan fingerprint density at radius 2 is 2.07 bits per heavy atom. The number of allylic oxidation sites excluding steroid dienone is 3. The van der Waals surface area contributed by atoms with E-state index in [2.05, 4.69) is 36.5 Å². The van der Waals surface area contributed by atoms with Gasteiger partial charge in [-0.25, -0.2) is 15.0 Å². The number of urea groups is 1. The maximum Gasteiger partial charge on any atom is 0.332 e. The van der Waals surface area contributed by atoms with Crippen molar-refractivity contribution in [3.05, 3.63) is 34.9 Å². The molecule has 3 fully saturated rings. The Hall–Kier alpha value is -2.37. The zero-order valence-corrected chi connectivity index (χ0v) is 17.9. The monoisotopic (exact) mass is 409 g/mol. The molecule has 3 N–H and O–H groups in total. The van der Waals surface area contributed by atoms with Crippen LogP contribution in [0.2, 0.25) is 0 Å². The molecule has 3 saturated carbocycles. The molecule has 5 rings (SSSR count). The summed E-state index contributed by atoms with van der Waals surface area (Å²) < 4.78 is 5.20. The van der Waals surface area contributed by atoms with Gasteiger partial charge < -0.3 is 10.5 Å². The van der Waals surface area contributed by atoms with Crippen LogP contribution in [-0.4, -0.2) is 24.3 Å². The van der Waals surface area contributed by atoms with Crippen LogP contribution in [0.5, 0.6) is 0 Å². The van der Waals surface area contributed by atoms with Gasteiger partial charge in [-0.05, 0) is 73.7 Å². The summed E-state index contributed by atoms with van der Waals surface area (Å²) >= 11 is 0. The third kappa shape index (κ3) is 2.87. The van der Waals surface area contributed by atoms with E-state index in [-0.39, 0.29) is 11.4 Å². The second kappa shape index (κ2) is 6.82. The molecule has 4 aliphatic carbocycles. The van der Waals surface area contributed by atoms with Crippen molar-refractivity contribution in [2.45, 2.75) is 58.8 Å². The van der Waals surface area contributed by atoms with Gasteiger partial charge >= 0.3 is 12.0 Å². The van der Waals surface area contributed by atoms with Gasteiger partial charge in [0.15, 0.2) is 0 Å². The van der Waals surface area contributed by atoms with Crippen LogP contribution in [0, 0.1) is 28.6 Å². The average Bonchev–Trinajstić information content (AvgIpc) is 3.28.